The van der Waals surface area contributed by atoms with Crippen LogP contribution in [-0.4, -0.2) is 17.2 Å². The molecular weight excluding hydrogens is 286 g/mol. The third-order valence-electron chi connectivity index (χ3n) is 4.05. The van der Waals surface area contributed by atoms with Crippen molar-refractivity contribution in [3.8, 4) is 11.1 Å². The van der Waals surface area contributed by atoms with Gasteiger partial charge in [0, 0.05) is 13.0 Å². The molecule has 0 aliphatic carbocycles. The molecule has 1 heterocycles. The number of nitrogens with one attached hydrogen (secondary N) is 1. The van der Waals surface area contributed by atoms with Crippen molar-refractivity contribution in [3.05, 3.63) is 71.4 Å². The zero-order valence-corrected chi connectivity index (χ0v) is 13.7. The predicted molar refractivity (Wildman–Crippen MR) is 91.2 cm³/mol. The van der Waals surface area contributed by atoms with Crippen molar-refractivity contribution in [2.75, 3.05) is 7.05 Å². The molecule has 1 atom stereocenters. The molecule has 3 rings (SSSR count). The summed E-state index contributed by atoms with van der Waals surface area (Å²) in [5.74, 6) is 1.26. The predicted octanol–water partition coefficient (Wildman–Crippen LogP) is 3.92. The average Bonchev–Trinajstić information content (AvgIpc) is 3.00. The Morgan fingerprint density at radius 2 is 1.57 bits per heavy atom. The normalized spacial score (nSPS) is 12.3. The van der Waals surface area contributed by atoms with Gasteiger partial charge >= 0.3 is 0 Å². The molecule has 0 fully saturated rings. The fraction of sp³-hybridized carbons (Fsp3) is 0.263. The molecule has 0 spiro atoms. The molecule has 2 aromatic carbocycles. The Morgan fingerprint density at radius 1 is 0.957 bits per heavy atom. The molecule has 4 heteroatoms. The van der Waals surface area contributed by atoms with Crippen LogP contribution in [0, 0.1) is 6.92 Å². The summed E-state index contributed by atoms with van der Waals surface area (Å²) in [6.07, 6.45) is 0.666. The molecule has 4 nitrogen and oxygen atoms in total. The molecule has 0 aliphatic rings. The summed E-state index contributed by atoms with van der Waals surface area (Å²) in [6, 6.07) is 17.5. The molecule has 1 aromatic heterocycles. The summed E-state index contributed by atoms with van der Waals surface area (Å²) in [7, 11) is 1.97. The number of aryl methyl sites for hydroxylation is 1. The monoisotopic (exact) mass is 307 g/mol. The van der Waals surface area contributed by atoms with Crippen LogP contribution in [0.5, 0.6) is 0 Å². The van der Waals surface area contributed by atoms with Crippen LogP contribution in [0.25, 0.3) is 11.1 Å². The van der Waals surface area contributed by atoms with E-state index in [-0.39, 0.29) is 0 Å². The molecule has 3 aromatic rings. The highest BCUT2D eigenvalue weighted by molar-refractivity contribution is 5.64. The number of aromatic nitrogens is 2. The zero-order valence-electron chi connectivity index (χ0n) is 13.7. The Bertz CT molecular complexity index is 760. The molecule has 1 N–H and O–H groups in total. The van der Waals surface area contributed by atoms with E-state index in [1.165, 1.54) is 16.7 Å². The van der Waals surface area contributed by atoms with Gasteiger partial charge in [-0.3, -0.25) is 0 Å². The summed E-state index contributed by atoms with van der Waals surface area (Å²) in [5.41, 5.74) is 4.88. The topological polar surface area (TPSA) is 51.0 Å². The largest absolute Gasteiger partial charge is 0.425 e. The van der Waals surface area contributed by atoms with E-state index < -0.39 is 0 Å². The van der Waals surface area contributed by atoms with Gasteiger partial charge in [-0.05, 0) is 36.2 Å². The smallest absolute Gasteiger partial charge is 0.220 e. The number of nitrogens with zero attached hydrogens (tertiary/aromatic N) is 2. The van der Waals surface area contributed by atoms with E-state index >= 15 is 0 Å². The van der Waals surface area contributed by atoms with Crippen molar-refractivity contribution in [1.29, 1.82) is 0 Å². The van der Waals surface area contributed by atoms with Crippen LogP contribution >= 0.6 is 0 Å². The minimum Gasteiger partial charge on any atom is -0.425 e. The van der Waals surface area contributed by atoms with Crippen LogP contribution in [0.15, 0.2) is 52.9 Å². The maximum Gasteiger partial charge on any atom is 0.220 e. The molecule has 0 radical (unpaired) electrons. The van der Waals surface area contributed by atoms with Crippen LogP contribution in [0.1, 0.15) is 35.9 Å². The molecule has 0 saturated heterocycles. The first-order chi connectivity index (χ1) is 11.2. The van der Waals surface area contributed by atoms with Gasteiger partial charge in [-0.15, -0.1) is 10.2 Å². The highest BCUT2D eigenvalue weighted by atomic mass is 16.4. The average molecular weight is 307 g/mol. The lowest BCUT2D eigenvalue weighted by molar-refractivity contribution is 0.477. The van der Waals surface area contributed by atoms with Crippen LogP contribution < -0.4 is 5.32 Å². The molecule has 0 saturated carbocycles. The molecule has 0 bridgehead atoms. The standard InChI is InChI=1S/C19H21N3O/c1-13(20-3)16-8-10-18(11-9-16)17-6-4-15(5-7-17)12-19-22-21-14(2)23-19/h4-11,13,20H,12H2,1-3H3. The van der Waals surface area contributed by atoms with E-state index in [0.717, 1.165) is 5.56 Å². The first-order valence-electron chi connectivity index (χ1n) is 7.81. The molecule has 1 unspecified atom stereocenters. The maximum absolute atomic E-state index is 5.42. The van der Waals surface area contributed by atoms with Crippen molar-refractivity contribution in [2.45, 2.75) is 26.3 Å². The zero-order chi connectivity index (χ0) is 16.2. The Morgan fingerprint density at radius 3 is 2.09 bits per heavy atom. The minimum absolute atomic E-state index is 0.365. The fourth-order valence-electron chi connectivity index (χ4n) is 2.53. The Kier molecular flexibility index (Phi) is 4.53. The quantitative estimate of drug-likeness (QED) is 0.776. The van der Waals surface area contributed by atoms with E-state index in [4.69, 9.17) is 4.42 Å². The van der Waals surface area contributed by atoms with Gasteiger partial charge in [0.05, 0.1) is 6.42 Å². The summed E-state index contributed by atoms with van der Waals surface area (Å²) in [4.78, 5) is 0. The van der Waals surface area contributed by atoms with Gasteiger partial charge < -0.3 is 9.73 Å². The second-order valence-electron chi connectivity index (χ2n) is 5.72. The van der Waals surface area contributed by atoms with Crippen molar-refractivity contribution >= 4 is 0 Å². The summed E-state index contributed by atoms with van der Waals surface area (Å²) in [5, 5.41) is 11.1. The fourth-order valence-corrected chi connectivity index (χ4v) is 2.53. The van der Waals surface area contributed by atoms with Gasteiger partial charge in [0.2, 0.25) is 11.8 Å². The van der Waals surface area contributed by atoms with Gasteiger partial charge in [-0.1, -0.05) is 48.5 Å². The van der Waals surface area contributed by atoms with Crippen molar-refractivity contribution in [3.63, 3.8) is 0 Å². The van der Waals surface area contributed by atoms with E-state index in [1.54, 1.807) is 6.92 Å². The van der Waals surface area contributed by atoms with Crippen molar-refractivity contribution in [1.82, 2.24) is 15.5 Å². The van der Waals surface area contributed by atoms with Gasteiger partial charge in [0.15, 0.2) is 0 Å². The molecule has 23 heavy (non-hydrogen) atoms. The number of benzene rings is 2. The van der Waals surface area contributed by atoms with Crippen LogP contribution in [0.3, 0.4) is 0 Å². The van der Waals surface area contributed by atoms with Gasteiger partial charge in [0.1, 0.15) is 0 Å². The summed E-state index contributed by atoms with van der Waals surface area (Å²) in [6.45, 7) is 3.96. The minimum atomic E-state index is 0.365. The van der Waals surface area contributed by atoms with Crippen LogP contribution in [-0.2, 0) is 6.42 Å². The van der Waals surface area contributed by atoms with Gasteiger partial charge in [-0.2, -0.15) is 0 Å². The first-order valence-corrected chi connectivity index (χ1v) is 7.81. The first kappa shape index (κ1) is 15.4. The highest BCUT2D eigenvalue weighted by Gasteiger charge is 2.06. The SMILES string of the molecule is CNC(C)c1ccc(-c2ccc(Cc3nnc(C)o3)cc2)cc1. The van der Waals surface area contributed by atoms with Crippen LogP contribution in [0.4, 0.5) is 0 Å². The summed E-state index contributed by atoms with van der Waals surface area (Å²) >= 11 is 0. The molecular formula is C19H21N3O. The lowest BCUT2D eigenvalue weighted by Crippen LogP contribution is -2.11. The summed E-state index contributed by atoms with van der Waals surface area (Å²) < 4.78 is 5.42. The third kappa shape index (κ3) is 3.66. The lowest BCUT2D eigenvalue weighted by Gasteiger charge is -2.11. The van der Waals surface area contributed by atoms with E-state index in [0.29, 0.717) is 24.2 Å². The third-order valence-corrected chi connectivity index (χ3v) is 4.05. The van der Waals surface area contributed by atoms with Crippen molar-refractivity contribution < 1.29 is 4.42 Å². The van der Waals surface area contributed by atoms with E-state index in [9.17, 15) is 0 Å². The Hall–Kier alpha value is -2.46. The van der Waals surface area contributed by atoms with E-state index in [1.807, 2.05) is 7.05 Å². The van der Waals surface area contributed by atoms with Crippen LogP contribution in [0.2, 0.25) is 0 Å². The second-order valence-corrected chi connectivity index (χ2v) is 5.72. The number of hydrogen-bond acceptors (Lipinski definition) is 4. The lowest BCUT2D eigenvalue weighted by atomic mass is 10.00. The Labute approximate surface area is 136 Å². The van der Waals surface area contributed by atoms with E-state index in [2.05, 4.69) is 71.0 Å². The Balaban J connectivity index is 1.74. The highest BCUT2D eigenvalue weighted by Crippen LogP contribution is 2.23. The maximum atomic E-state index is 5.42. The van der Waals surface area contributed by atoms with Crippen molar-refractivity contribution in [2.24, 2.45) is 0 Å². The number of hydrogen-bond donors (Lipinski definition) is 1. The van der Waals surface area contributed by atoms with Gasteiger partial charge in [0.25, 0.3) is 0 Å². The molecule has 0 amide bonds. The molecule has 0 aliphatic heterocycles. The molecule has 118 valence electrons. The number of rotatable bonds is 5. The van der Waals surface area contributed by atoms with Gasteiger partial charge in [-0.25, -0.2) is 0 Å². The second kappa shape index (κ2) is 6.75.